The summed E-state index contributed by atoms with van der Waals surface area (Å²) >= 11 is 0. The smallest absolute Gasteiger partial charge is 0.160 e. The predicted molar refractivity (Wildman–Crippen MR) is 224 cm³/mol. The van der Waals surface area contributed by atoms with E-state index in [4.69, 9.17) is 9.97 Å². The van der Waals surface area contributed by atoms with E-state index < -0.39 is 0 Å². The van der Waals surface area contributed by atoms with E-state index in [0.29, 0.717) is 0 Å². The Hall–Kier alpha value is -6.84. The molecule has 0 saturated heterocycles. The van der Waals surface area contributed by atoms with Crippen molar-refractivity contribution >= 4 is 10.9 Å². The van der Waals surface area contributed by atoms with Gasteiger partial charge in [-0.1, -0.05) is 172 Å². The second-order valence-corrected chi connectivity index (χ2v) is 14.6. The van der Waals surface area contributed by atoms with Gasteiger partial charge in [-0.3, -0.25) is 0 Å². The molecule has 0 fully saturated rings. The van der Waals surface area contributed by atoms with Crippen molar-refractivity contribution < 1.29 is 0 Å². The molecular weight excluding hydrogens is 655 g/mol. The SMILES string of the molecule is CC1(C)c2ccccc2-c2c(n(-c3ccccc3)c3ccc(-c4ccc(-c5cc(-c6ccccc6)nc(-c6ccccc6)n5)cc4)cc23)-c2ccccc21. The molecule has 2 aromatic heterocycles. The van der Waals surface area contributed by atoms with Crippen LogP contribution in [0.1, 0.15) is 25.0 Å². The van der Waals surface area contributed by atoms with Crippen LogP contribution in [0.3, 0.4) is 0 Å². The second-order valence-electron chi connectivity index (χ2n) is 14.6. The van der Waals surface area contributed by atoms with E-state index in [-0.39, 0.29) is 5.41 Å². The monoisotopic (exact) mass is 691 g/mol. The molecule has 0 spiro atoms. The lowest BCUT2D eigenvalue weighted by Gasteiger charge is -2.28. The van der Waals surface area contributed by atoms with E-state index in [2.05, 4.69) is 182 Å². The Kier molecular flexibility index (Phi) is 7.48. The lowest BCUT2D eigenvalue weighted by molar-refractivity contribution is 0.646. The molecule has 10 rings (SSSR count). The van der Waals surface area contributed by atoms with Crippen molar-refractivity contribution in [3.63, 3.8) is 0 Å². The number of para-hydroxylation sites is 1. The molecule has 0 radical (unpaired) electrons. The second kappa shape index (κ2) is 12.7. The van der Waals surface area contributed by atoms with Crippen molar-refractivity contribution in [2.24, 2.45) is 0 Å². The Morgan fingerprint density at radius 1 is 0.426 bits per heavy atom. The molecule has 256 valence electrons. The molecule has 54 heavy (non-hydrogen) atoms. The summed E-state index contributed by atoms with van der Waals surface area (Å²) in [6.45, 7) is 4.73. The molecule has 9 aromatic rings. The van der Waals surface area contributed by atoms with Crippen LogP contribution in [0, 0.1) is 0 Å². The van der Waals surface area contributed by atoms with E-state index >= 15 is 0 Å². The first-order chi connectivity index (χ1) is 26.5. The Morgan fingerprint density at radius 3 is 1.59 bits per heavy atom. The minimum atomic E-state index is -0.185. The first-order valence-corrected chi connectivity index (χ1v) is 18.6. The van der Waals surface area contributed by atoms with E-state index in [0.717, 1.165) is 45.2 Å². The maximum absolute atomic E-state index is 5.07. The highest BCUT2D eigenvalue weighted by molar-refractivity contribution is 6.09. The molecule has 2 heterocycles. The van der Waals surface area contributed by atoms with Gasteiger partial charge in [0.05, 0.1) is 22.6 Å². The number of hydrogen-bond acceptors (Lipinski definition) is 2. The first-order valence-electron chi connectivity index (χ1n) is 18.6. The molecule has 3 heteroatoms. The Labute approximate surface area is 315 Å². The van der Waals surface area contributed by atoms with Crippen molar-refractivity contribution in [1.82, 2.24) is 14.5 Å². The van der Waals surface area contributed by atoms with E-state index in [9.17, 15) is 0 Å². The molecule has 0 amide bonds. The van der Waals surface area contributed by atoms with Gasteiger partial charge in [-0.15, -0.1) is 0 Å². The highest BCUT2D eigenvalue weighted by atomic mass is 15.0. The van der Waals surface area contributed by atoms with Crippen LogP contribution in [0.15, 0.2) is 188 Å². The van der Waals surface area contributed by atoms with Gasteiger partial charge in [0.15, 0.2) is 5.82 Å². The lowest BCUT2D eigenvalue weighted by Crippen LogP contribution is -2.20. The van der Waals surface area contributed by atoms with Gasteiger partial charge in [0.1, 0.15) is 0 Å². The third-order valence-corrected chi connectivity index (χ3v) is 11.0. The highest BCUT2D eigenvalue weighted by Gasteiger charge is 2.36. The Balaban J connectivity index is 1.15. The number of aromatic nitrogens is 3. The molecule has 3 nitrogen and oxygen atoms in total. The summed E-state index contributed by atoms with van der Waals surface area (Å²) in [5, 5.41) is 1.24. The van der Waals surface area contributed by atoms with Gasteiger partial charge in [0.2, 0.25) is 0 Å². The van der Waals surface area contributed by atoms with Crippen LogP contribution in [0.4, 0.5) is 0 Å². The third kappa shape index (κ3) is 5.20. The lowest BCUT2D eigenvalue weighted by atomic mass is 9.75. The summed E-state index contributed by atoms with van der Waals surface area (Å²) in [5.41, 5.74) is 17.2. The third-order valence-electron chi connectivity index (χ3n) is 11.0. The van der Waals surface area contributed by atoms with Crippen molar-refractivity contribution in [3.05, 3.63) is 199 Å². The molecule has 0 unspecified atom stereocenters. The van der Waals surface area contributed by atoms with Crippen molar-refractivity contribution in [2.45, 2.75) is 19.3 Å². The molecule has 1 aliphatic carbocycles. The quantitative estimate of drug-likeness (QED) is 0.180. The minimum absolute atomic E-state index is 0.185. The van der Waals surface area contributed by atoms with Gasteiger partial charge in [-0.2, -0.15) is 0 Å². The van der Waals surface area contributed by atoms with Crippen LogP contribution >= 0.6 is 0 Å². The van der Waals surface area contributed by atoms with E-state index in [1.807, 2.05) is 24.3 Å². The summed E-state index contributed by atoms with van der Waals surface area (Å²) in [5.74, 6) is 0.718. The maximum Gasteiger partial charge on any atom is 0.160 e. The molecule has 0 saturated carbocycles. The number of hydrogen-bond donors (Lipinski definition) is 0. The van der Waals surface area contributed by atoms with E-state index in [1.165, 1.54) is 50.0 Å². The van der Waals surface area contributed by atoms with Gasteiger partial charge in [0.25, 0.3) is 0 Å². The van der Waals surface area contributed by atoms with Gasteiger partial charge in [-0.25, -0.2) is 9.97 Å². The van der Waals surface area contributed by atoms with Crippen molar-refractivity contribution in [2.75, 3.05) is 0 Å². The molecule has 0 atom stereocenters. The van der Waals surface area contributed by atoms with Crippen LogP contribution in [0.5, 0.6) is 0 Å². The molecule has 1 aliphatic rings. The molecule has 0 aliphatic heterocycles. The summed E-state index contributed by atoms with van der Waals surface area (Å²) in [7, 11) is 0. The normalized spacial score (nSPS) is 12.8. The zero-order valence-corrected chi connectivity index (χ0v) is 30.2. The molecule has 7 aromatic carbocycles. The fourth-order valence-electron chi connectivity index (χ4n) is 8.37. The van der Waals surface area contributed by atoms with Crippen LogP contribution in [0.2, 0.25) is 0 Å². The van der Waals surface area contributed by atoms with Gasteiger partial charge in [-0.05, 0) is 58.1 Å². The summed E-state index contributed by atoms with van der Waals surface area (Å²) in [6, 6.07) is 67.2. The number of nitrogens with zero attached hydrogens (tertiary/aromatic N) is 3. The van der Waals surface area contributed by atoms with Crippen LogP contribution < -0.4 is 0 Å². The number of fused-ring (bicyclic) bond motifs is 7. The molecule has 0 bridgehead atoms. The largest absolute Gasteiger partial charge is 0.309 e. The summed E-state index contributed by atoms with van der Waals surface area (Å²) < 4.78 is 2.47. The number of benzene rings is 7. The Bertz CT molecular complexity index is 2760. The standard InChI is InChI=1S/C51H37N3/c1-51(2)43-24-14-12-22-40(43)48-42-32-38(30-31-47(42)54(39-20-10-5-11-21-39)49(48)41-23-13-15-25-44(41)51)34-26-28-36(29-27-34)46-33-45(35-16-6-3-7-17-35)52-50(53-46)37-18-8-4-9-19-37/h3-33H,1-2H3. The molecule has 0 N–H and O–H groups in total. The maximum atomic E-state index is 5.07. The van der Waals surface area contributed by atoms with Crippen LogP contribution in [-0.2, 0) is 5.41 Å². The highest BCUT2D eigenvalue weighted by Crippen LogP contribution is 2.53. The van der Waals surface area contributed by atoms with Crippen LogP contribution in [-0.4, -0.2) is 14.5 Å². The Morgan fingerprint density at radius 2 is 0.926 bits per heavy atom. The van der Waals surface area contributed by atoms with Crippen molar-refractivity contribution in [3.8, 4) is 73.1 Å². The van der Waals surface area contributed by atoms with Crippen LogP contribution in [0.25, 0.3) is 84.0 Å². The molecular formula is C51H37N3. The minimum Gasteiger partial charge on any atom is -0.309 e. The summed E-state index contributed by atoms with van der Waals surface area (Å²) in [4.78, 5) is 10.1. The fraction of sp³-hybridized carbons (Fsp3) is 0.0588. The average Bonchev–Trinajstić information content (AvgIpc) is 3.55. The van der Waals surface area contributed by atoms with E-state index in [1.54, 1.807) is 0 Å². The zero-order valence-electron chi connectivity index (χ0n) is 30.2. The first kappa shape index (κ1) is 31.9. The van der Waals surface area contributed by atoms with Gasteiger partial charge >= 0.3 is 0 Å². The topological polar surface area (TPSA) is 30.7 Å². The van der Waals surface area contributed by atoms with Gasteiger partial charge < -0.3 is 4.57 Å². The van der Waals surface area contributed by atoms with Crippen molar-refractivity contribution in [1.29, 1.82) is 0 Å². The van der Waals surface area contributed by atoms with Gasteiger partial charge in [0, 0.05) is 44.3 Å². The zero-order chi connectivity index (χ0) is 36.2. The average molecular weight is 692 g/mol. The predicted octanol–water partition coefficient (Wildman–Crippen LogP) is 13.1. The summed E-state index contributed by atoms with van der Waals surface area (Å²) in [6.07, 6.45) is 0. The number of rotatable bonds is 5. The fourth-order valence-corrected chi connectivity index (χ4v) is 8.37.